The SMILES string of the molecule is COc1ccccc1N(CC(=O)N(Cc1ccc(C)cc1)C(C)C(=O)NCC(C)C)S(C)(=O)=O. The summed E-state index contributed by atoms with van der Waals surface area (Å²) in [6.07, 6.45) is 1.04. The van der Waals surface area contributed by atoms with Crippen LogP contribution < -0.4 is 14.4 Å². The van der Waals surface area contributed by atoms with Gasteiger partial charge in [-0.2, -0.15) is 0 Å². The first-order valence-electron chi connectivity index (χ1n) is 11.2. The van der Waals surface area contributed by atoms with Crippen molar-refractivity contribution in [3.8, 4) is 5.75 Å². The molecule has 0 aliphatic rings. The Balaban J connectivity index is 2.39. The summed E-state index contributed by atoms with van der Waals surface area (Å²) in [6.45, 7) is 7.76. The fraction of sp³-hybridized carbons (Fsp3) is 0.440. The molecule has 1 N–H and O–H groups in total. The zero-order valence-electron chi connectivity index (χ0n) is 20.7. The van der Waals surface area contributed by atoms with Gasteiger partial charge in [0.05, 0.1) is 19.1 Å². The van der Waals surface area contributed by atoms with Crippen molar-refractivity contribution >= 4 is 27.5 Å². The number of ether oxygens (including phenoxy) is 1. The Kier molecular flexibility index (Phi) is 9.49. The summed E-state index contributed by atoms with van der Waals surface area (Å²) >= 11 is 0. The van der Waals surface area contributed by atoms with Crippen molar-refractivity contribution in [3.05, 3.63) is 59.7 Å². The fourth-order valence-electron chi connectivity index (χ4n) is 3.36. The molecule has 0 heterocycles. The minimum Gasteiger partial charge on any atom is -0.495 e. The number of sulfonamides is 1. The maximum atomic E-state index is 13.5. The van der Waals surface area contributed by atoms with Crippen LogP contribution in [0.2, 0.25) is 0 Å². The number of para-hydroxylation sites is 2. The highest BCUT2D eigenvalue weighted by atomic mass is 32.2. The minimum atomic E-state index is -3.82. The monoisotopic (exact) mass is 489 g/mol. The predicted molar refractivity (Wildman–Crippen MR) is 134 cm³/mol. The van der Waals surface area contributed by atoms with Crippen molar-refractivity contribution in [2.45, 2.75) is 40.3 Å². The van der Waals surface area contributed by atoms with Gasteiger partial charge in [0.15, 0.2) is 0 Å². The number of methoxy groups -OCH3 is 1. The summed E-state index contributed by atoms with van der Waals surface area (Å²) in [6, 6.07) is 13.4. The third-order valence-electron chi connectivity index (χ3n) is 5.36. The van der Waals surface area contributed by atoms with E-state index < -0.39 is 28.5 Å². The largest absolute Gasteiger partial charge is 0.495 e. The van der Waals surface area contributed by atoms with Gasteiger partial charge in [-0.25, -0.2) is 8.42 Å². The second-order valence-electron chi connectivity index (χ2n) is 8.76. The predicted octanol–water partition coefficient (Wildman–Crippen LogP) is 2.96. The maximum absolute atomic E-state index is 13.5. The van der Waals surface area contributed by atoms with Crippen LogP contribution in [-0.4, -0.2) is 57.6 Å². The average Bonchev–Trinajstić information content (AvgIpc) is 2.79. The lowest BCUT2D eigenvalue weighted by atomic mass is 10.1. The van der Waals surface area contributed by atoms with Crippen LogP contribution in [0.15, 0.2) is 48.5 Å². The standard InChI is InChI=1S/C25H35N3O5S/c1-18(2)15-26-25(30)20(4)27(16-21-13-11-19(3)12-14-21)24(29)17-28(34(6,31)32)22-9-7-8-10-23(22)33-5/h7-14,18,20H,15-17H2,1-6H3,(H,26,30). The first-order chi connectivity index (χ1) is 15.9. The number of rotatable bonds is 11. The summed E-state index contributed by atoms with van der Waals surface area (Å²) in [5.74, 6) is -0.210. The molecule has 8 nitrogen and oxygen atoms in total. The second-order valence-corrected chi connectivity index (χ2v) is 10.7. The molecule has 0 saturated carbocycles. The molecule has 1 atom stereocenters. The molecule has 0 bridgehead atoms. The molecule has 0 aliphatic carbocycles. The van der Waals surface area contributed by atoms with Gasteiger partial charge in [-0.05, 0) is 37.5 Å². The fourth-order valence-corrected chi connectivity index (χ4v) is 4.21. The smallest absolute Gasteiger partial charge is 0.244 e. The molecule has 1 unspecified atom stereocenters. The molecule has 2 amide bonds. The molecule has 0 aliphatic heterocycles. The topological polar surface area (TPSA) is 96.0 Å². The number of anilines is 1. The van der Waals surface area contributed by atoms with E-state index in [-0.39, 0.29) is 24.1 Å². The van der Waals surface area contributed by atoms with E-state index in [1.165, 1.54) is 12.0 Å². The van der Waals surface area contributed by atoms with Crippen LogP contribution in [0.3, 0.4) is 0 Å². The molecule has 34 heavy (non-hydrogen) atoms. The normalized spacial score (nSPS) is 12.2. The number of nitrogens with zero attached hydrogens (tertiary/aromatic N) is 2. The van der Waals surface area contributed by atoms with Gasteiger partial charge in [0, 0.05) is 13.1 Å². The highest BCUT2D eigenvalue weighted by Gasteiger charge is 2.31. The van der Waals surface area contributed by atoms with Crippen LogP contribution >= 0.6 is 0 Å². The van der Waals surface area contributed by atoms with Crippen LogP contribution in [0.25, 0.3) is 0 Å². The van der Waals surface area contributed by atoms with E-state index in [2.05, 4.69) is 5.32 Å². The van der Waals surface area contributed by atoms with E-state index in [0.717, 1.165) is 21.7 Å². The Morgan fingerprint density at radius 2 is 1.65 bits per heavy atom. The van der Waals surface area contributed by atoms with Crippen LogP contribution in [0.5, 0.6) is 5.75 Å². The summed E-state index contributed by atoms with van der Waals surface area (Å²) in [4.78, 5) is 27.8. The molecule has 9 heteroatoms. The van der Waals surface area contributed by atoms with Gasteiger partial charge in [-0.15, -0.1) is 0 Å². The Hall–Kier alpha value is -3.07. The number of carbonyl (C=O) groups excluding carboxylic acids is 2. The lowest BCUT2D eigenvalue weighted by molar-refractivity contribution is -0.139. The van der Waals surface area contributed by atoms with E-state index in [4.69, 9.17) is 4.74 Å². The van der Waals surface area contributed by atoms with Crippen molar-refractivity contribution in [2.75, 3.05) is 30.8 Å². The quantitative estimate of drug-likeness (QED) is 0.524. The third kappa shape index (κ3) is 7.48. The Morgan fingerprint density at radius 3 is 2.21 bits per heavy atom. The number of benzene rings is 2. The van der Waals surface area contributed by atoms with Gasteiger partial charge in [-0.1, -0.05) is 55.8 Å². The van der Waals surface area contributed by atoms with Gasteiger partial charge < -0.3 is 15.0 Å². The van der Waals surface area contributed by atoms with Gasteiger partial charge in [0.2, 0.25) is 21.8 Å². The highest BCUT2D eigenvalue weighted by Crippen LogP contribution is 2.29. The lowest BCUT2D eigenvalue weighted by Crippen LogP contribution is -2.51. The van der Waals surface area contributed by atoms with Crippen molar-refractivity contribution in [3.63, 3.8) is 0 Å². The summed E-state index contributed by atoms with van der Waals surface area (Å²) in [5.41, 5.74) is 2.17. The zero-order valence-corrected chi connectivity index (χ0v) is 21.6. The molecule has 0 radical (unpaired) electrons. The number of hydrogen-bond acceptors (Lipinski definition) is 5. The Labute approximate surface area is 202 Å². The van der Waals surface area contributed by atoms with Crippen LogP contribution in [0, 0.1) is 12.8 Å². The van der Waals surface area contributed by atoms with Crippen molar-refractivity contribution in [1.29, 1.82) is 0 Å². The van der Waals surface area contributed by atoms with E-state index in [9.17, 15) is 18.0 Å². The van der Waals surface area contributed by atoms with Crippen molar-refractivity contribution in [2.24, 2.45) is 5.92 Å². The summed E-state index contributed by atoms with van der Waals surface area (Å²) < 4.78 is 31.6. The number of hydrogen-bond donors (Lipinski definition) is 1. The second kappa shape index (κ2) is 11.9. The van der Waals surface area contributed by atoms with Gasteiger partial charge >= 0.3 is 0 Å². The van der Waals surface area contributed by atoms with E-state index >= 15 is 0 Å². The van der Waals surface area contributed by atoms with Gasteiger partial charge in [0.1, 0.15) is 18.3 Å². The molecule has 0 fully saturated rings. The van der Waals surface area contributed by atoms with Crippen molar-refractivity contribution < 1.29 is 22.7 Å². The maximum Gasteiger partial charge on any atom is 0.244 e. The molecule has 186 valence electrons. The molecule has 2 aromatic carbocycles. The number of nitrogens with one attached hydrogen (secondary N) is 1. The van der Waals surface area contributed by atoms with Crippen LogP contribution in [0.1, 0.15) is 31.9 Å². The zero-order chi connectivity index (χ0) is 25.5. The lowest BCUT2D eigenvalue weighted by Gasteiger charge is -2.32. The molecule has 0 saturated heterocycles. The molecular formula is C25H35N3O5S. The highest BCUT2D eigenvalue weighted by molar-refractivity contribution is 7.92. The van der Waals surface area contributed by atoms with E-state index in [1.807, 2.05) is 45.0 Å². The van der Waals surface area contributed by atoms with Crippen LogP contribution in [-0.2, 0) is 26.2 Å². The van der Waals surface area contributed by atoms with Crippen LogP contribution in [0.4, 0.5) is 5.69 Å². The van der Waals surface area contributed by atoms with E-state index in [0.29, 0.717) is 12.3 Å². The first-order valence-corrected chi connectivity index (χ1v) is 13.0. The Bertz CT molecular complexity index is 1080. The first kappa shape index (κ1) is 27.2. The molecule has 0 aromatic heterocycles. The van der Waals surface area contributed by atoms with E-state index in [1.54, 1.807) is 31.2 Å². The average molecular weight is 490 g/mol. The molecule has 2 aromatic rings. The number of aryl methyl sites for hydroxylation is 1. The minimum absolute atomic E-state index is 0.166. The van der Waals surface area contributed by atoms with Crippen molar-refractivity contribution in [1.82, 2.24) is 10.2 Å². The molecular weight excluding hydrogens is 454 g/mol. The van der Waals surface area contributed by atoms with Gasteiger partial charge in [-0.3, -0.25) is 13.9 Å². The number of amides is 2. The summed E-state index contributed by atoms with van der Waals surface area (Å²) in [5, 5.41) is 2.86. The summed E-state index contributed by atoms with van der Waals surface area (Å²) in [7, 11) is -2.38. The third-order valence-corrected chi connectivity index (χ3v) is 6.48. The Morgan fingerprint density at radius 1 is 1.03 bits per heavy atom. The molecule has 0 spiro atoms. The number of carbonyl (C=O) groups is 2. The molecule has 2 rings (SSSR count). The van der Waals surface area contributed by atoms with Gasteiger partial charge in [0.25, 0.3) is 0 Å².